The second-order valence-electron chi connectivity index (χ2n) is 10.4. The molecule has 0 aliphatic carbocycles. The number of benzene rings is 2. The first-order chi connectivity index (χ1) is 19.2. The van der Waals surface area contributed by atoms with E-state index in [1.807, 2.05) is 30.3 Å². The number of rotatable bonds is 12. The molecule has 3 aromatic rings. The summed E-state index contributed by atoms with van der Waals surface area (Å²) < 4.78 is 11.2. The number of fused-ring (bicyclic) bond motifs is 1. The third kappa shape index (κ3) is 6.69. The van der Waals surface area contributed by atoms with Gasteiger partial charge < -0.3 is 34.9 Å². The second kappa shape index (κ2) is 13.4. The molecule has 1 fully saturated rings. The van der Waals surface area contributed by atoms with Crippen molar-refractivity contribution in [2.75, 3.05) is 0 Å². The predicted molar refractivity (Wildman–Crippen MR) is 149 cm³/mol. The number of unbranched alkanes of at least 4 members (excludes halogenated alkanes) is 4. The van der Waals surface area contributed by atoms with Gasteiger partial charge in [-0.2, -0.15) is 0 Å². The van der Waals surface area contributed by atoms with Crippen LogP contribution in [0.1, 0.15) is 63.5 Å². The minimum Gasteiger partial charge on any atom is -0.479 e. The average Bonchev–Trinajstić information content (AvgIpc) is 2.94. The van der Waals surface area contributed by atoms with Gasteiger partial charge in [-0.25, -0.2) is 9.78 Å². The van der Waals surface area contributed by atoms with Gasteiger partial charge in [0.2, 0.25) is 6.29 Å². The number of aryl methyl sites for hydroxylation is 2. The van der Waals surface area contributed by atoms with Crippen LogP contribution in [0.5, 0.6) is 5.75 Å². The van der Waals surface area contributed by atoms with Crippen molar-refractivity contribution in [1.82, 2.24) is 9.97 Å². The van der Waals surface area contributed by atoms with Gasteiger partial charge in [0.25, 0.3) is 5.56 Å². The van der Waals surface area contributed by atoms with Gasteiger partial charge in [-0.3, -0.25) is 4.79 Å². The van der Waals surface area contributed by atoms with Crippen molar-refractivity contribution in [2.24, 2.45) is 0 Å². The number of aliphatic carboxylic acids is 1. The Bertz CT molecular complexity index is 1370. The number of aliphatic hydroxyl groups is 3. The fourth-order valence-electron chi connectivity index (χ4n) is 4.92. The van der Waals surface area contributed by atoms with Gasteiger partial charge in [0.05, 0.1) is 16.5 Å². The number of hydrogen-bond acceptors (Lipinski definition) is 8. The lowest BCUT2D eigenvalue weighted by Gasteiger charge is -2.38. The topological polar surface area (TPSA) is 162 Å². The number of hydrogen-bond donors (Lipinski definition) is 5. The SMILES string of the molecule is CCCCCc1ccc(O[C@@H]2OC(C(=O)O)[C@@H](O)[C@@H](O)C2O)c(-c2nc3ccc(CCCCC)cc3c(=O)[nH]2)c1. The molecule has 5 N–H and O–H groups in total. The first kappa shape index (κ1) is 29.7. The Morgan fingerprint density at radius 3 is 2.23 bits per heavy atom. The number of carbonyl (C=O) groups is 1. The van der Waals surface area contributed by atoms with Crippen molar-refractivity contribution < 1.29 is 34.7 Å². The number of H-pyrrole nitrogens is 1. The summed E-state index contributed by atoms with van der Waals surface area (Å²) in [5, 5.41) is 40.6. The third-order valence-corrected chi connectivity index (χ3v) is 7.26. The summed E-state index contributed by atoms with van der Waals surface area (Å²) in [5.41, 5.74) is 2.68. The minimum absolute atomic E-state index is 0.162. The van der Waals surface area contributed by atoms with Crippen LogP contribution in [0.2, 0.25) is 0 Å². The maximum absolute atomic E-state index is 13.2. The lowest BCUT2D eigenvalue weighted by atomic mass is 9.99. The Morgan fingerprint density at radius 1 is 0.925 bits per heavy atom. The van der Waals surface area contributed by atoms with Crippen LogP contribution in [0.4, 0.5) is 0 Å². The van der Waals surface area contributed by atoms with Gasteiger partial charge in [-0.15, -0.1) is 0 Å². The zero-order valence-corrected chi connectivity index (χ0v) is 22.9. The largest absolute Gasteiger partial charge is 0.479 e. The van der Waals surface area contributed by atoms with Crippen molar-refractivity contribution in [1.29, 1.82) is 0 Å². The van der Waals surface area contributed by atoms with Crippen LogP contribution >= 0.6 is 0 Å². The standard InChI is InChI=1S/C30H38N2O8/c1-3-5-7-9-17-11-13-21-19(15-17)28(36)32-27(31-21)20-16-18(10-8-6-4-2)12-14-22(20)39-30-25(35)23(33)24(34)26(40-30)29(37)38/h11-16,23-26,30,33-35H,3-10H2,1-2H3,(H,37,38)(H,31,32,36)/t23-,24+,25?,26?,30-/m1/s1. The molecular weight excluding hydrogens is 516 g/mol. The molecule has 0 radical (unpaired) electrons. The Kier molecular flexibility index (Phi) is 9.91. The van der Waals surface area contributed by atoms with E-state index in [0.29, 0.717) is 16.5 Å². The van der Waals surface area contributed by atoms with E-state index in [1.54, 1.807) is 6.07 Å². The molecule has 40 heavy (non-hydrogen) atoms. The van der Waals surface area contributed by atoms with Crippen LogP contribution < -0.4 is 10.3 Å². The van der Waals surface area contributed by atoms with Gasteiger partial charge in [0.1, 0.15) is 29.9 Å². The number of carboxylic acid groups (broad SMARTS) is 1. The second-order valence-corrected chi connectivity index (χ2v) is 10.4. The number of ether oxygens (including phenoxy) is 2. The van der Waals surface area contributed by atoms with Gasteiger partial charge in [0.15, 0.2) is 6.10 Å². The molecule has 1 aliphatic rings. The number of carboxylic acids is 1. The first-order valence-electron chi connectivity index (χ1n) is 14.0. The monoisotopic (exact) mass is 554 g/mol. The van der Waals surface area contributed by atoms with Gasteiger partial charge in [0, 0.05) is 0 Å². The van der Waals surface area contributed by atoms with Crippen LogP contribution in [0, 0.1) is 0 Å². The highest BCUT2D eigenvalue weighted by Gasteiger charge is 2.48. The molecule has 2 heterocycles. The van der Waals surface area contributed by atoms with E-state index in [2.05, 4.69) is 18.8 Å². The number of aromatic nitrogens is 2. The van der Waals surface area contributed by atoms with Crippen LogP contribution in [0.25, 0.3) is 22.3 Å². The Balaban J connectivity index is 1.71. The van der Waals surface area contributed by atoms with Gasteiger partial charge in [-0.05, 0) is 61.1 Å². The summed E-state index contributed by atoms with van der Waals surface area (Å²) in [6.45, 7) is 4.26. The van der Waals surface area contributed by atoms with Crippen molar-refractivity contribution >= 4 is 16.9 Å². The molecule has 2 aromatic carbocycles. The number of aliphatic hydroxyl groups excluding tert-OH is 3. The summed E-state index contributed by atoms with van der Waals surface area (Å²) in [7, 11) is 0. The van der Waals surface area contributed by atoms with Crippen LogP contribution in [-0.2, 0) is 22.4 Å². The Hall–Kier alpha value is -3.31. The van der Waals surface area contributed by atoms with E-state index in [9.17, 15) is 30.0 Å². The summed E-state index contributed by atoms with van der Waals surface area (Å²) in [5.74, 6) is -1.10. The highest BCUT2D eigenvalue weighted by molar-refractivity contribution is 5.81. The maximum Gasteiger partial charge on any atom is 0.335 e. The highest BCUT2D eigenvalue weighted by Crippen LogP contribution is 2.33. The molecule has 4 rings (SSSR count). The van der Waals surface area contributed by atoms with Crippen LogP contribution in [0.15, 0.2) is 41.2 Å². The van der Waals surface area contributed by atoms with Crippen molar-refractivity contribution in [3.63, 3.8) is 0 Å². The molecule has 10 heteroatoms. The summed E-state index contributed by atoms with van der Waals surface area (Å²) >= 11 is 0. The summed E-state index contributed by atoms with van der Waals surface area (Å²) in [6.07, 6.45) is -0.745. The van der Waals surface area contributed by atoms with Crippen LogP contribution in [0.3, 0.4) is 0 Å². The molecule has 0 spiro atoms. The van der Waals surface area contributed by atoms with E-state index in [0.717, 1.165) is 62.5 Å². The quantitative estimate of drug-likeness (QED) is 0.211. The molecule has 2 unspecified atom stereocenters. The zero-order chi connectivity index (χ0) is 28.8. The average molecular weight is 555 g/mol. The predicted octanol–water partition coefficient (Wildman–Crippen LogP) is 3.33. The minimum atomic E-state index is -1.84. The van der Waals surface area contributed by atoms with Crippen molar-refractivity contribution in [2.45, 2.75) is 95.9 Å². The van der Waals surface area contributed by atoms with Gasteiger partial charge >= 0.3 is 5.97 Å². The third-order valence-electron chi connectivity index (χ3n) is 7.26. The first-order valence-corrected chi connectivity index (χ1v) is 14.0. The zero-order valence-electron chi connectivity index (χ0n) is 22.9. The lowest BCUT2D eigenvalue weighted by molar-refractivity contribution is -0.271. The van der Waals surface area contributed by atoms with Crippen LogP contribution in [-0.4, -0.2) is 67.1 Å². The smallest absolute Gasteiger partial charge is 0.335 e. The molecule has 10 nitrogen and oxygen atoms in total. The van der Waals surface area contributed by atoms with Crippen molar-refractivity contribution in [3.8, 4) is 17.1 Å². The molecule has 216 valence electrons. The molecular formula is C30H38N2O8. The highest BCUT2D eigenvalue weighted by atomic mass is 16.7. The summed E-state index contributed by atoms with van der Waals surface area (Å²) in [6, 6.07) is 11.0. The fourth-order valence-corrected chi connectivity index (χ4v) is 4.92. The maximum atomic E-state index is 13.2. The molecule has 1 aromatic heterocycles. The Morgan fingerprint density at radius 2 is 1.57 bits per heavy atom. The molecule has 5 atom stereocenters. The van der Waals surface area contributed by atoms with E-state index in [4.69, 9.17) is 14.5 Å². The molecule has 0 bridgehead atoms. The summed E-state index contributed by atoms with van der Waals surface area (Å²) in [4.78, 5) is 32.3. The van der Waals surface area contributed by atoms with Crippen molar-refractivity contribution in [3.05, 3.63) is 57.9 Å². The molecule has 0 saturated carbocycles. The number of nitrogens with zero attached hydrogens (tertiary/aromatic N) is 1. The van der Waals surface area contributed by atoms with E-state index >= 15 is 0 Å². The van der Waals surface area contributed by atoms with E-state index < -0.39 is 36.7 Å². The Labute approximate surface area is 232 Å². The number of aromatic amines is 1. The van der Waals surface area contributed by atoms with E-state index in [-0.39, 0.29) is 17.1 Å². The molecule has 0 amide bonds. The number of nitrogens with one attached hydrogen (secondary N) is 1. The molecule has 1 aliphatic heterocycles. The molecule has 1 saturated heterocycles. The normalized spacial score (nSPS) is 22.9. The van der Waals surface area contributed by atoms with Gasteiger partial charge in [-0.1, -0.05) is 51.7 Å². The van der Waals surface area contributed by atoms with E-state index in [1.165, 1.54) is 0 Å². The lowest BCUT2D eigenvalue weighted by Crippen LogP contribution is -2.61. The fraction of sp³-hybridized carbons (Fsp3) is 0.500.